The Hall–Kier alpha value is -3.59. The minimum absolute atomic E-state index is 0.256. The third-order valence-electron chi connectivity index (χ3n) is 5.16. The maximum atomic E-state index is 13.7. The van der Waals surface area contributed by atoms with Crippen LogP contribution in [0.4, 0.5) is 4.39 Å². The molecule has 0 saturated carbocycles. The highest BCUT2D eigenvalue weighted by molar-refractivity contribution is 7.18. The van der Waals surface area contributed by atoms with Crippen LogP contribution in [0.15, 0.2) is 60.2 Å². The second-order valence-corrected chi connectivity index (χ2v) is 7.98. The number of carbonyl (C=O) groups is 1. The standard InChI is InChI=1S/C21H17FN6OS/c22-12-4-5-15-17(9-12)30-20(27-15)19-18-16(25-11-26-18)6-8-28(19)21(29)13(10-23)14-3-1-2-7-24-14/h1-5,7,9-11,19,23-24H,6,8H2,(H,25,26)/b14-13+,23-10?/t19-/m0/s1. The first-order valence-electron chi connectivity index (χ1n) is 9.39. The van der Waals surface area contributed by atoms with Gasteiger partial charge in [-0.3, -0.25) is 4.79 Å². The molecule has 150 valence electrons. The number of halogens is 1. The molecule has 2 aliphatic rings. The predicted octanol–water partition coefficient (Wildman–Crippen LogP) is 3.21. The number of fused-ring (bicyclic) bond motifs is 2. The Morgan fingerprint density at radius 2 is 2.27 bits per heavy atom. The summed E-state index contributed by atoms with van der Waals surface area (Å²) in [5.41, 5.74) is 3.19. The van der Waals surface area contributed by atoms with E-state index in [1.807, 2.05) is 12.2 Å². The molecule has 9 heteroatoms. The van der Waals surface area contributed by atoms with Crippen molar-refractivity contribution in [1.82, 2.24) is 25.2 Å². The highest BCUT2D eigenvalue weighted by atomic mass is 32.1. The highest BCUT2D eigenvalue weighted by Crippen LogP contribution is 2.38. The van der Waals surface area contributed by atoms with Gasteiger partial charge in [-0.25, -0.2) is 14.4 Å². The van der Waals surface area contributed by atoms with Gasteiger partial charge < -0.3 is 20.6 Å². The van der Waals surface area contributed by atoms with E-state index in [0.29, 0.717) is 33.9 Å². The summed E-state index contributed by atoms with van der Waals surface area (Å²) in [6.45, 7) is 0.452. The smallest absolute Gasteiger partial charge is 0.258 e. The van der Waals surface area contributed by atoms with Crippen LogP contribution in [0.1, 0.15) is 22.4 Å². The van der Waals surface area contributed by atoms with Crippen molar-refractivity contribution in [2.24, 2.45) is 0 Å². The molecule has 3 aromatic rings. The fourth-order valence-corrected chi connectivity index (χ4v) is 4.86. The van der Waals surface area contributed by atoms with Crippen molar-refractivity contribution in [3.05, 3.63) is 82.4 Å². The molecule has 1 atom stereocenters. The maximum absolute atomic E-state index is 13.7. The molecule has 0 radical (unpaired) electrons. The largest absolute Gasteiger partial charge is 0.361 e. The van der Waals surface area contributed by atoms with Crippen molar-refractivity contribution in [1.29, 1.82) is 5.41 Å². The SMILES string of the molecule is N=C/C(C(=O)N1CCc2[nH]cnc2[C@H]1c1nc2ccc(F)cc2s1)=C1/C=CC=CN1. The zero-order valence-electron chi connectivity index (χ0n) is 15.7. The molecule has 2 aliphatic heterocycles. The number of hydrogen-bond donors (Lipinski definition) is 3. The van der Waals surface area contributed by atoms with Gasteiger partial charge in [-0.1, -0.05) is 6.08 Å². The number of aromatic amines is 1. The van der Waals surface area contributed by atoms with E-state index in [0.717, 1.165) is 17.6 Å². The number of aromatic nitrogens is 3. The van der Waals surface area contributed by atoms with Crippen LogP contribution >= 0.6 is 11.3 Å². The average Bonchev–Trinajstić information content (AvgIpc) is 3.40. The van der Waals surface area contributed by atoms with Crippen LogP contribution in [-0.4, -0.2) is 38.5 Å². The van der Waals surface area contributed by atoms with Crippen LogP contribution in [0.3, 0.4) is 0 Å². The van der Waals surface area contributed by atoms with Gasteiger partial charge in [0.25, 0.3) is 5.91 Å². The molecule has 0 fully saturated rings. The van der Waals surface area contributed by atoms with E-state index >= 15 is 0 Å². The average molecular weight is 420 g/mol. The molecule has 0 saturated heterocycles. The van der Waals surface area contributed by atoms with Crippen LogP contribution in [0.2, 0.25) is 0 Å². The predicted molar refractivity (Wildman–Crippen MR) is 113 cm³/mol. The number of carbonyl (C=O) groups excluding carboxylic acids is 1. The Morgan fingerprint density at radius 1 is 1.37 bits per heavy atom. The number of thiazole rings is 1. The lowest BCUT2D eigenvalue weighted by atomic mass is 10.0. The molecule has 30 heavy (non-hydrogen) atoms. The van der Waals surface area contributed by atoms with Gasteiger partial charge >= 0.3 is 0 Å². The number of dihydropyridines is 1. The number of benzene rings is 1. The summed E-state index contributed by atoms with van der Waals surface area (Å²) in [6, 6.07) is 3.96. The lowest BCUT2D eigenvalue weighted by Gasteiger charge is -2.34. The number of allylic oxidation sites excluding steroid dienone is 3. The number of nitrogens with zero attached hydrogens (tertiary/aromatic N) is 3. The molecule has 2 aromatic heterocycles. The third-order valence-corrected chi connectivity index (χ3v) is 6.23. The molecule has 3 N–H and O–H groups in total. The Kier molecular flexibility index (Phi) is 4.51. The molecule has 0 unspecified atom stereocenters. The van der Waals surface area contributed by atoms with Gasteiger partial charge in [-0.15, -0.1) is 11.3 Å². The fourth-order valence-electron chi connectivity index (χ4n) is 3.75. The molecule has 0 aliphatic carbocycles. The van der Waals surface area contributed by atoms with E-state index in [2.05, 4.69) is 20.3 Å². The molecule has 1 amide bonds. The summed E-state index contributed by atoms with van der Waals surface area (Å²) in [7, 11) is 0. The molecule has 5 rings (SSSR count). The normalized spacial score (nSPS) is 19.5. The zero-order valence-corrected chi connectivity index (χ0v) is 16.5. The van der Waals surface area contributed by atoms with Crippen molar-refractivity contribution in [3.8, 4) is 0 Å². The first kappa shape index (κ1) is 18.4. The van der Waals surface area contributed by atoms with Crippen molar-refractivity contribution in [2.75, 3.05) is 6.54 Å². The molecule has 1 aromatic carbocycles. The zero-order chi connectivity index (χ0) is 20.7. The van der Waals surface area contributed by atoms with E-state index in [1.165, 1.54) is 23.5 Å². The summed E-state index contributed by atoms with van der Waals surface area (Å²) >= 11 is 1.35. The van der Waals surface area contributed by atoms with Crippen molar-refractivity contribution in [2.45, 2.75) is 12.5 Å². The summed E-state index contributed by atoms with van der Waals surface area (Å²) < 4.78 is 14.4. The van der Waals surface area contributed by atoms with E-state index in [9.17, 15) is 9.18 Å². The van der Waals surface area contributed by atoms with Gasteiger partial charge in [-0.2, -0.15) is 0 Å². The van der Waals surface area contributed by atoms with E-state index in [1.54, 1.807) is 29.6 Å². The monoisotopic (exact) mass is 420 g/mol. The van der Waals surface area contributed by atoms with E-state index in [-0.39, 0.29) is 17.3 Å². The second kappa shape index (κ2) is 7.34. The fraction of sp³-hybridized carbons (Fsp3) is 0.143. The number of nitrogens with one attached hydrogen (secondary N) is 3. The Morgan fingerprint density at radius 3 is 3.07 bits per heavy atom. The third kappa shape index (κ3) is 3.03. The first-order chi connectivity index (χ1) is 14.7. The van der Waals surface area contributed by atoms with Gasteiger partial charge in [-0.05, 0) is 30.4 Å². The molecular weight excluding hydrogens is 403 g/mol. The minimum Gasteiger partial charge on any atom is -0.361 e. The van der Waals surface area contributed by atoms with Crippen LogP contribution in [0, 0.1) is 11.2 Å². The number of hydrogen-bond acceptors (Lipinski definition) is 6. The molecular formula is C21H17FN6OS. The summed E-state index contributed by atoms with van der Waals surface area (Å²) in [6.07, 6.45) is 10.4. The second-order valence-electron chi connectivity index (χ2n) is 6.92. The molecule has 7 nitrogen and oxygen atoms in total. The molecule has 0 bridgehead atoms. The van der Waals surface area contributed by atoms with Crippen molar-refractivity contribution < 1.29 is 9.18 Å². The summed E-state index contributed by atoms with van der Waals surface area (Å²) in [5.74, 6) is -0.606. The Labute approximate surface area is 175 Å². The molecule has 0 spiro atoms. The summed E-state index contributed by atoms with van der Waals surface area (Å²) in [4.78, 5) is 27.5. The number of amides is 1. The van der Waals surface area contributed by atoms with Crippen LogP contribution < -0.4 is 5.32 Å². The van der Waals surface area contributed by atoms with Gasteiger partial charge in [0.1, 0.15) is 16.9 Å². The van der Waals surface area contributed by atoms with E-state index in [4.69, 9.17) is 5.41 Å². The van der Waals surface area contributed by atoms with Gasteiger partial charge in [0, 0.05) is 31.1 Å². The van der Waals surface area contributed by atoms with Crippen LogP contribution in [-0.2, 0) is 11.2 Å². The highest BCUT2D eigenvalue weighted by Gasteiger charge is 2.37. The van der Waals surface area contributed by atoms with Gasteiger partial charge in [0.15, 0.2) is 0 Å². The summed E-state index contributed by atoms with van der Waals surface area (Å²) in [5, 5.41) is 11.5. The van der Waals surface area contributed by atoms with E-state index < -0.39 is 6.04 Å². The number of H-pyrrole nitrogens is 1. The van der Waals surface area contributed by atoms with Crippen LogP contribution in [0.25, 0.3) is 10.2 Å². The first-order valence-corrected chi connectivity index (χ1v) is 10.2. The lowest BCUT2D eigenvalue weighted by Crippen LogP contribution is -2.42. The quantitative estimate of drug-likeness (QED) is 0.448. The lowest BCUT2D eigenvalue weighted by molar-refractivity contribution is -0.128. The van der Waals surface area contributed by atoms with Crippen LogP contribution in [0.5, 0.6) is 0 Å². The Bertz CT molecular complexity index is 1250. The number of rotatable bonds is 3. The Balaban J connectivity index is 1.61. The maximum Gasteiger partial charge on any atom is 0.258 e. The molecule has 4 heterocycles. The van der Waals surface area contributed by atoms with Gasteiger partial charge in [0.2, 0.25) is 0 Å². The van der Waals surface area contributed by atoms with Crippen molar-refractivity contribution in [3.63, 3.8) is 0 Å². The number of imidazole rings is 1. The van der Waals surface area contributed by atoms with Crippen molar-refractivity contribution >= 4 is 33.7 Å². The topological polar surface area (TPSA) is 97.8 Å². The van der Waals surface area contributed by atoms with Gasteiger partial charge in [0.05, 0.1) is 33.5 Å². The minimum atomic E-state index is -0.508.